The summed E-state index contributed by atoms with van der Waals surface area (Å²) in [5, 5.41) is 9.34. The van der Waals surface area contributed by atoms with Crippen LogP contribution in [0.15, 0.2) is 0 Å². The van der Waals surface area contributed by atoms with Crippen LogP contribution in [0.25, 0.3) is 0 Å². The number of likely N-dealkylation sites (N-methyl/N-ethyl adjacent to an activating group) is 2. The highest BCUT2D eigenvalue weighted by molar-refractivity contribution is 5.81. The zero-order chi connectivity index (χ0) is 11.1. The Morgan fingerprint density at radius 3 is 2.00 bits per heavy atom. The Balaban J connectivity index is 2.04. The molecule has 0 radical (unpaired) electrons. The standard InChI is InChI=1S/C10H19N3O2/c1-11-3-5-13(6-4-11)10(9(14)15)7-12(2)8-10/h3-8H2,1-2H3,(H,14,15). The van der Waals surface area contributed by atoms with Crippen molar-refractivity contribution >= 4 is 5.97 Å². The molecule has 2 fully saturated rings. The van der Waals surface area contributed by atoms with Gasteiger partial charge >= 0.3 is 5.97 Å². The van der Waals surface area contributed by atoms with E-state index in [4.69, 9.17) is 0 Å². The Bertz CT molecular complexity index is 255. The first-order valence-corrected chi connectivity index (χ1v) is 5.40. The van der Waals surface area contributed by atoms with Crippen LogP contribution in [0.5, 0.6) is 0 Å². The summed E-state index contributed by atoms with van der Waals surface area (Å²) in [6, 6.07) is 0. The first-order chi connectivity index (χ1) is 7.04. The first kappa shape index (κ1) is 10.9. The van der Waals surface area contributed by atoms with Crippen molar-refractivity contribution in [2.75, 3.05) is 53.4 Å². The van der Waals surface area contributed by atoms with Gasteiger partial charge in [0.05, 0.1) is 0 Å². The second kappa shape index (κ2) is 3.73. The summed E-state index contributed by atoms with van der Waals surface area (Å²) in [5.74, 6) is -0.662. The lowest BCUT2D eigenvalue weighted by atomic mass is 9.87. The highest BCUT2D eigenvalue weighted by Gasteiger charge is 2.52. The fourth-order valence-corrected chi connectivity index (χ4v) is 2.55. The molecule has 0 bridgehead atoms. The monoisotopic (exact) mass is 213 g/mol. The second-order valence-corrected chi connectivity index (χ2v) is 4.80. The molecule has 2 aliphatic heterocycles. The Kier molecular flexibility index (Phi) is 2.70. The topological polar surface area (TPSA) is 47.0 Å². The van der Waals surface area contributed by atoms with Gasteiger partial charge in [0, 0.05) is 39.3 Å². The molecule has 86 valence electrons. The fraction of sp³-hybridized carbons (Fsp3) is 0.900. The van der Waals surface area contributed by atoms with Crippen molar-refractivity contribution < 1.29 is 9.90 Å². The maximum absolute atomic E-state index is 11.3. The van der Waals surface area contributed by atoms with Crippen molar-refractivity contribution in [1.82, 2.24) is 14.7 Å². The molecule has 5 heteroatoms. The molecule has 2 rings (SSSR count). The molecule has 0 aromatic rings. The molecule has 0 atom stereocenters. The molecule has 15 heavy (non-hydrogen) atoms. The number of carboxylic acid groups (broad SMARTS) is 1. The zero-order valence-corrected chi connectivity index (χ0v) is 9.44. The third kappa shape index (κ3) is 1.75. The minimum Gasteiger partial charge on any atom is -0.480 e. The number of likely N-dealkylation sites (tertiary alicyclic amines) is 1. The molecule has 0 saturated carbocycles. The lowest BCUT2D eigenvalue weighted by Crippen LogP contribution is -2.75. The largest absolute Gasteiger partial charge is 0.480 e. The van der Waals surface area contributed by atoms with Crippen LogP contribution in [0.3, 0.4) is 0 Å². The Morgan fingerprint density at radius 1 is 1.07 bits per heavy atom. The number of nitrogens with zero attached hydrogens (tertiary/aromatic N) is 3. The summed E-state index contributed by atoms with van der Waals surface area (Å²) in [6.07, 6.45) is 0. The van der Waals surface area contributed by atoms with Gasteiger partial charge in [0.25, 0.3) is 0 Å². The van der Waals surface area contributed by atoms with Gasteiger partial charge in [0.1, 0.15) is 5.54 Å². The van der Waals surface area contributed by atoms with Gasteiger partial charge in [0.15, 0.2) is 0 Å². The number of hydrogen-bond acceptors (Lipinski definition) is 4. The molecular weight excluding hydrogens is 194 g/mol. The third-order valence-corrected chi connectivity index (χ3v) is 3.57. The number of carboxylic acids is 1. The quantitative estimate of drug-likeness (QED) is 0.638. The Morgan fingerprint density at radius 2 is 1.60 bits per heavy atom. The summed E-state index contributed by atoms with van der Waals surface area (Å²) in [5.41, 5.74) is -0.601. The molecule has 0 unspecified atom stereocenters. The van der Waals surface area contributed by atoms with E-state index >= 15 is 0 Å². The van der Waals surface area contributed by atoms with Crippen molar-refractivity contribution in [3.05, 3.63) is 0 Å². The van der Waals surface area contributed by atoms with Crippen LogP contribution in [0.1, 0.15) is 0 Å². The average molecular weight is 213 g/mol. The first-order valence-electron chi connectivity index (χ1n) is 5.40. The second-order valence-electron chi connectivity index (χ2n) is 4.80. The Hall–Kier alpha value is -0.650. The summed E-state index contributed by atoms with van der Waals surface area (Å²) in [7, 11) is 4.05. The van der Waals surface area contributed by atoms with Crippen molar-refractivity contribution in [3.63, 3.8) is 0 Å². The van der Waals surface area contributed by atoms with Gasteiger partial charge in [-0.3, -0.25) is 9.69 Å². The summed E-state index contributed by atoms with van der Waals surface area (Å²) < 4.78 is 0. The van der Waals surface area contributed by atoms with Crippen LogP contribution in [-0.4, -0.2) is 84.7 Å². The van der Waals surface area contributed by atoms with Gasteiger partial charge in [0.2, 0.25) is 0 Å². The van der Waals surface area contributed by atoms with Crippen molar-refractivity contribution in [1.29, 1.82) is 0 Å². The molecule has 2 saturated heterocycles. The van der Waals surface area contributed by atoms with E-state index in [0.717, 1.165) is 26.2 Å². The van der Waals surface area contributed by atoms with Gasteiger partial charge in [-0.25, -0.2) is 0 Å². The van der Waals surface area contributed by atoms with Crippen LogP contribution in [0.2, 0.25) is 0 Å². The van der Waals surface area contributed by atoms with E-state index in [0.29, 0.717) is 13.1 Å². The maximum Gasteiger partial charge on any atom is 0.326 e. The van der Waals surface area contributed by atoms with Crippen LogP contribution in [0, 0.1) is 0 Å². The van der Waals surface area contributed by atoms with E-state index in [-0.39, 0.29) is 0 Å². The van der Waals surface area contributed by atoms with E-state index in [2.05, 4.69) is 21.7 Å². The Labute approximate surface area is 90.2 Å². The number of hydrogen-bond donors (Lipinski definition) is 1. The van der Waals surface area contributed by atoms with Gasteiger partial charge in [-0.2, -0.15) is 0 Å². The minimum absolute atomic E-state index is 0.601. The molecule has 2 aliphatic rings. The van der Waals surface area contributed by atoms with Gasteiger partial charge in [-0.15, -0.1) is 0 Å². The van der Waals surface area contributed by atoms with E-state index in [9.17, 15) is 9.90 Å². The van der Waals surface area contributed by atoms with E-state index in [1.54, 1.807) is 0 Å². The number of carbonyl (C=O) groups is 1. The molecule has 1 N–H and O–H groups in total. The van der Waals surface area contributed by atoms with Gasteiger partial charge in [-0.05, 0) is 14.1 Å². The van der Waals surface area contributed by atoms with Crippen molar-refractivity contribution in [3.8, 4) is 0 Å². The smallest absolute Gasteiger partial charge is 0.326 e. The zero-order valence-electron chi connectivity index (χ0n) is 9.44. The number of rotatable bonds is 2. The van der Waals surface area contributed by atoms with Gasteiger partial charge in [-0.1, -0.05) is 0 Å². The molecule has 0 aliphatic carbocycles. The SMILES string of the molecule is CN1CCN(C2(C(=O)O)CN(C)C2)CC1. The van der Waals surface area contributed by atoms with Crippen molar-refractivity contribution in [2.24, 2.45) is 0 Å². The normalized spacial score (nSPS) is 28.7. The molecule has 0 amide bonds. The number of aliphatic carboxylic acids is 1. The number of piperazine rings is 1. The highest BCUT2D eigenvalue weighted by atomic mass is 16.4. The van der Waals surface area contributed by atoms with Crippen LogP contribution in [0.4, 0.5) is 0 Å². The lowest BCUT2D eigenvalue weighted by molar-refractivity contribution is -0.166. The van der Waals surface area contributed by atoms with Crippen molar-refractivity contribution in [2.45, 2.75) is 5.54 Å². The maximum atomic E-state index is 11.3. The minimum atomic E-state index is -0.662. The third-order valence-electron chi connectivity index (χ3n) is 3.57. The lowest BCUT2D eigenvalue weighted by Gasteiger charge is -2.53. The fourth-order valence-electron chi connectivity index (χ4n) is 2.55. The molecule has 5 nitrogen and oxygen atoms in total. The van der Waals surface area contributed by atoms with Crippen LogP contribution in [-0.2, 0) is 4.79 Å². The van der Waals surface area contributed by atoms with Crippen LogP contribution < -0.4 is 0 Å². The summed E-state index contributed by atoms with van der Waals surface area (Å²) in [6.45, 7) is 5.00. The molecular formula is C10H19N3O2. The highest BCUT2D eigenvalue weighted by Crippen LogP contribution is 2.27. The molecule has 0 aromatic heterocycles. The molecule has 0 spiro atoms. The molecule has 0 aromatic carbocycles. The summed E-state index contributed by atoms with van der Waals surface area (Å²) in [4.78, 5) is 17.8. The van der Waals surface area contributed by atoms with E-state index in [1.807, 2.05) is 7.05 Å². The average Bonchev–Trinajstić information content (AvgIpc) is 2.13. The predicted molar refractivity (Wildman–Crippen MR) is 56.9 cm³/mol. The molecule has 2 heterocycles. The predicted octanol–water partition coefficient (Wildman–Crippen LogP) is -0.997. The van der Waals surface area contributed by atoms with E-state index < -0.39 is 11.5 Å². The van der Waals surface area contributed by atoms with Crippen LogP contribution >= 0.6 is 0 Å². The van der Waals surface area contributed by atoms with E-state index in [1.165, 1.54) is 0 Å². The summed E-state index contributed by atoms with van der Waals surface area (Å²) >= 11 is 0. The van der Waals surface area contributed by atoms with Gasteiger partial charge < -0.3 is 14.9 Å².